The molecule has 0 amide bonds. The van der Waals surface area contributed by atoms with E-state index in [1.807, 2.05) is 0 Å². The molecule has 0 aromatic rings. The van der Waals surface area contributed by atoms with Gasteiger partial charge in [0.25, 0.3) is 0 Å². The van der Waals surface area contributed by atoms with Gasteiger partial charge in [-0.2, -0.15) is 0 Å². The van der Waals surface area contributed by atoms with E-state index in [0.717, 1.165) is 19.1 Å². The minimum atomic E-state index is 0.529. The summed E-state index contributed by atoms with van der Waals surface area (Å²) in [6.07, 6.45) is 2.74. The van der Waals surface area contributed by atoms with Crippen molar-refractivity contribution >= 4 is 0 Å². The first kappa shape index (κ1) is 8.52. The summed E-state index contributed by atoms with van der Waals surface area (Å²) in [4.78, 5) is 2.43. The maximum atomic E-state index is 5.30. The second kappa shape index (κ2) is 3.00. The lowest BCUT2D eigenvalue weighted by molar-refractivity contribution is -0.143. The van der Waals surface area contributed by atoms with Crippen molar-refractivity contribution < 1.29 is 4.74 Å². The fraction of sp³-hybridized carbons (Fsp3) is 1.00. The van der Waals surface area contributed by atoms with Gasteiger partial charge in [0.2, 0.25) is 0 Å². The highest BCUT2D eigenvalue weighted by atomic mass is 16.5. The molecule has 2 rings (SSSR count). The molecule has 0 N–H and O–H groups in total. The lowest BCUT2D eigenvalue weighted by atomic mass is 9.71. The Hall–Kier alpha value is -0.0800. The molecule has 0 aliphatic carbocycles. The van der Waals surface area contributed by atoms with E-state index < -0.39 is 0 Å². The smallest absolute Gasteiger partial charge is 0.0544 e. The summed E-state index contributed by atoms with van der Waals surface area (Å²) >= 11 is 0. The predicted octanol–water partition coefficient (Wildman–Crippen LogP) is 1.36. The van der Waals surface area contributed by atoms with E-state index in [2.05, 4.69) is 18.9 Å². The number of likely N-dealkylation sites (tertiary alicyclic amines) is 1. The van der Waals surface area contributed by atoms with Crippen molar-refractivity contribution in [3.8, 4) is 0 Å². The Bertz CT molecular complexity index is 157. The summed E-state index contributed by atoms with van der Waals surface area (Å²) in [5.41, 5.74) is 0.529. The van der Waals surface area contributed by atoms with Gasteiger partial charge in [0, 0.05) is 5.41 Å². The zero-order valence-corrected chi connectivity index (χ0v) is 8.18. The molecule has 0 unspecified atom stereocenters. The topological polar surface area (TPSA) is 12.5 Å². The van der Waals surface area contributed by atoms with Crippen LogP contribution in [-0.4, -0.2) is 38.3 Å². The third-order valence-corrected chi connectivity index (χ3v) is 3.57. The minimum Gasteiger partial charge on any atom is -0.380 e. The SMILES string of the molecule is CN1CCC(C2(C)COC2)CC1. The summed E-state index contributed by atoms with van der Waals surface area (Å²) in [6.45, 7) is 6.94. The number of hydrogen-bond acceptors (Lipinski definition) is 2. The van der Waals surface area contributed by atoms with Crippen molar-refractivity contribution in [3.63, 3.8) is 0 Å². The number of ether oxygens (including phenoxy) is 1. The van der Waals surface area contributed by atoms with Crippen LogP contribution in [0, 0.1) is 11.3 Å². The standard InChI is InChI=1S/C10H19NO/c1-10(7-12-8-10)9-3-5-11(2)6-4-9/h9H,3-8H2,1-2H3. The maximum Gasteiger partial charge on any atom is 0.0544 e. The molecule has 0 aromatic heterocycles. The second-order valence-corrected chi connectivity index (χ2v) is 4.72. The Morgan fingerprint density at radius 3 is 2.25 bits per heavy atom. The molecule has 2 aliphatic heterocycles. The monoisotopic (exact) mass is 169 g/mol. The normalized spacial score (nSPS) is 31.5. The Labute approximate surface area is 74.9 Å². The first-order chi connectivity index (χ1) is 5.71. The fourth-order valence-electron chi connectivity index (χ4n) is 2.37. The summed E-state index contributed by atoms with van der Waals surface area (Å²) in [5.74, 6) is 0.919. The van der Waals surface area contributed by atoms with Gasteiger partial charge in [0.15, 0.2) is 0 Å². The molecule has 0 aromatic carbocycles. The Balaban J connectivity index is 1.88. The van der Waals surface area contributed by atoms with Crippen LogP contribution in [0.25, 0.3) is 0 Å². The molecule has 0 radical (unpaired) electrons. The van der Waals surface area contributed by atoms with Crippen LogP contribution < -0.4 is 0 Å². The number of piperidine rings is 1. The predicted molar refractivity (Wildman–Crippen MR) is 49.1 cm³/mol. The highest BCUT2D eigenvalue weighted by molar-refractivity contribution is 4.90. The summed E-state index contributed by atoms with van der Waals surface area (Å²) in [5, 5.41) is 0. The Kier molecular flexibility index (Phi) is 2.13. The number of rotatable bonds is 1. The van der Waals surface area contributed by atoms with Crippen molar-refractivity contribution in [3.05, 3.63) is 0 Å². The maximum absolute atomic E-state index is 5.30. The van der Waals surface area contributed by atoms with Gasteiger partial charge >= 0.3 is 0 Å². The van der Waals surface area contributed by atoms with E-state index in [-0.39, 0.29) is 0 Å². The molecule has 2 saturated heterocycles. The highest BCUT2D eigenvalue weighted by Crippen LogP contribution is 2.40. The molecule has 2 aliphatic rings. The van der Waals surface area contributed by atoms with Gasteiger partial charge in [-0.15, -0.1) is 0 Å². The molecule has 12 heavy (non-hydrogen) atoms. The van der Waals surface area contributed by atoms with Crippen LogP contribution in [-0.2, 0) is 4.74 Å². The number of hydrogen-bond donors (Lipinski definition) is 0. The summed E-state index contributed by atoms with van der Waals surface area (Å²) < 4.78 is 5.30. The van der Waals surface area contributed by atoms with Crippen LogP contribution in [0.2, 0.25) is 0 Å². The molecule has 2 nitrogen and oxygen atoms in total. The quantitative estimate of drug-likeness (QED) is 0.588. The molecule has 0 spiro atoms. The van der Waals surface area contributed by atoms with Crippen LogP contribution in [0.1, 0.15) is 19.8 Å². The lowest BCUT2D eigenvalue weighted by Gasteiger charge is -2.47. The van der Waals surface area contributed by atoms with Crippen LogP contribution >= 0.6 is 0 Å². The van der Waals surface area contributed by atoms with Crippen molar-refractivity contribution in [1.82, 2.24) is 4.90 Å². The second-order valence-electron chi connectivity index (χ2n) is 4.72. The van der Waals surface area contributed by atoms with Gasteiger partial charge in [0.1, 0.15) is 0 Å². The zero-order valence-electron chi connectivity index (χ0n) is 8.18. The molecule has 0 saturated carbocycles. The van der Waals surface area contributed by atoms with Gasteiger partial charge in [-0.25, -0.2) is 0 Å². The lowest BCUT2D eigenvalue weighted by Crippen LogP contribution is -2.49. The van der Waals surface area contributed by atoms with E-state index in [4.69, 9.17) is 4.74 Å². The average molecular weight is 169 g/mol. The third-order valence-electron chi connectivity index (χ3n) is 3.57. The van der Waals surface area contributed by atoms with Gasteiger partial charge in [0.05, 0.1) is 13.2 Å². The van der Waals surface area contributed by atoms with E-state index in [9.17, 15) is 0 Å². The van der Waals surface area contributed by atoms with E-state index in [1.54, 1.807) is 0 Å². The summed E-state index contributed by atoms with van der Waals surface area (Å²) in [6, 6.07) is 0. The third kappa shape index (κ3) is 1.38. The molecule has 0 atom stereocenters. The zero-order chi connectivity index (χ0) is 8.60. The van der Waals surface area contributed by atoms with Crippen molar-refractivity contribution in [2.24, 2.45) is 11.3 Å². The average Bonchev–Trinajstić information content (AvgIpc) is 2.02. The molecular formula is C10H19NO. The van der Waals surface area contributed by atoms with E-state index in [0.29, 0.717) is 5.41 Å². The van der Waals surface area contributed by atoms with Crippen molar-refractivity contribution in [2.75, 3.05) is 33.4 Å². The van der Waals surface area contributed by atoms with Crippen LogP contribution in [0.5, 0.6) is 0 Å². The van der Waals surface area contributed by atoms with Crippen LogP contribution in [0.4, 0.5) is 0 Å². The van der Waals surface area contributed by atoms with Gasteiger partial charge in [-0.1, -0.05) is 6.92 Å². The van der Waals surface area contributed by atoms with E-state index in [1.165, 1.54) is 25.9 Å². The molecule has 70 valence electrons. The van der Waals surface area contributed by atoms with Crippen LogP contribution in [0.3, 0.4) is 0 Å². The minimum absolute atomic E-state index is 0.529. The summed E-state index contributed by atoms with van der Waals surface area (Å²) in [7, 11) is 2.22. The first-order valence-corrected chi connectivity index (χ1v) is 4.97. The van der Waals surface area contributed by atoms with Crippen molar-refractivity contribution in [2.45, 2.75) is 19.8 Å². The van der Waals surface area contributed by atoms with E-state index >= 15 is 0 Å². The fourth-order valence-corrected chi connectivity index (χ4v) is 2.37. The first-order valence-electron chi connectivity index (χ1n) is 4.97. The largest absolute Gasteiger partial charge is 0.380 e. The van der Waals surface area contributed by atoms with Crippen LogP contribution in [0.15, 0.2) is 0 Å². The van der Waals surface area contributed by atoms with Gasteiger partial charge in [-0.05, 0) is 38.9 Å². The molecule has 0 bridgehead atoms. The Morgan fingerprint density at radius 2 is 1.83 bits per heavy atom. The molecule has 2 fully saturated rings. The molecular weight excluding hydrogens is 150 g/mol. The van der Waals surface area contributed by atoms with Gasteiger partial charge in [-0.3, -0.25) is 0 Å². The Morgan fingerprint density at radius 1 is 1.25 bits per heavy atom. The number of nitrogens with zero attached hydrogens (tertiary/aromatic N) is 1. The molecule has 2 heterocycles. The highest BCUT2D eigenvalue weighted by Gasteiger charge is 2.41. The van der Waals surface area contributed by atoms with Gasteiger partial charge < -0.3 is 9.64 Å². The van der Waals surface area contributed by atoms with Crippen molar-refractivity contribution in [1.29, 1.82) is 0 Å². The molecule has 2 heteroatoms.